The van der Waals surface area contributed by atoms with Gasteiger partial charge < -0.3 is 10.0 Å². The smallest absolute Gasteiger partial charge is 0.308 e. The van der Waals surface area contributed by atoms with Crippen LogP contribution >= 0.6 is 11.3 Å². The molecule has 5 heteroatoms. The Bertz CT molecular complexity index is 491. The molecule has 0 saturated carbocycles. The number of hydrogen-bond donors (Lipinski definition) is 1. The third-order valence-electron chi connectivity index (χ3n) is 3.76. The summed E-state index contributed by atoms with van der Waals surface area (Å²) in [5.74, 6) is -0.780. The van der Waals surface area contributed by atoms with Crippen molar-refractivity contribution in [1.29, 1.82) is 0 Å². The van der Waals surface area contributed by atoms with E-state index >= 15 is 0 Å². The molecule has 112 valence electrons. The molecule has 2 heterocycles. The maximum absolute atomic E-state index is 11.1. The van der Waals surface area contributed by atoms with E-state index < -0.39 is 5.97 Å². The van der Waals surface area contributed by atoms with Crippen molar-refractivity contribution in [2.45, 2.75) is 64.8 Å². The normalized spacial score (nSPS) is 20.2. The summed E-state index contributed by atoms with van der Waals surface area (Å²) in [5.41, 5.74) is 0.830. The third-order valence-corrected chi connectivity index (χ3v) is 4.85. The highest BCUT2D eigenvalue weighted by Crippen LogP contribution is 2.36. The summed E-state index contributed by atoms with van der Waals surface area (Å²) in [5, 5.41) is 10.1. The van der Waals surface area contributed by atoms with E-state index in [0.29, 0.717) is 6.04 Å². The van der Waals surface area contributed by atoms with Crippen LogP contribution < -0.4 is 4.90 Å². The minimum absolute atomic E-state index is 0.0759. The molecule has 1 unspecified atom stereocenters. The Kier molecular flexibility index (Phi) is 4.37. The van der Waals surface area contributed by atoms with Gasteiger partial charge in [-0.05, 0) is 26.2 Å². The van der Waals surface area contributed by atoms with Gasteiger partial charge in [0.15, 0.2) is 5.13 Å². The lowest BCUT2D eigenvalue weighted by Crippen LogP contribution is -2.37. The fourth-order valence-corrected chi connectivity index (χ4v) is 4.08. The largest absolute Gasteiger partial charge is 0.481 e. The van der Waals surface area contributed by atoms with E-state index in [9.17, 15) is 4.79 Å². The van der Waals surface area contributed by atoms with Gasteiger partial charge in [0.05, 0.1) is 12.1 Å². The van der Waals surface area contributed by atoms with E-state index in [1.54, 1.807) is 11.3 Å². The first-order chi connectivity index (χ1) is 9.29. The molecular formula is C15H24N2O2S. The van der Waals surface area contributed by atoms with Gasteiger partial charge in [0.1, 0.15) is 0 Å². The lowest BCUT2D eigenvalue weighted by molar-refractivity contribution is -0.136. The summed E-state index contributed by atoms with van der Waals surface area (Å²) in [6.07, 6.45) is 3.74. The molecule has 0 aromatic carbocycles. The average molecular weight is 296 g/mol. The van der Waals surface area contributed by atoms with Crippen molar-refractivity contribution in [1.82, 2.24) is 4.98 Å². The molecule has 2 rings (SSSR count). The molecule has 1 aromatic heterocycles. The standard InChI is InChI=1S/C15H24N2O2S/c1-10-7-5-6-8-17(10)14-16-13(15(2,3)4)11(20-14)9-12(18)19/h10H,5-9H2,1-4H3,(H,18,19). The third kappa shape index (κ3) is 3.32. The highest BCUT2D eigenvalue weighted by molar-refractivity contribution is 7.15. The van der Waals surface area contributed by atoms with E-state index in [-0.39, 0.29) is 11.8 Å². The van der Waals surface area contributed by atoms with Crippen LogP contribution in [0.3, 0.4) is 0 Å². The molecular weight excluding hydrogens is 272 g/mol. The van der Waals surface area contributed by atoms with Gasteiger partial charge in [-0.3, -0.25) is 4.79 Å². The van der Waals surface area contributed by atoms with Gasteiger partial charge in [0.2, 0.25) is 0 Å². The number of nitrogens with zero attached hydrogens (tertiary/aromatic N) is 2. The van der Waals surface area contributed by atoms with Gasteiger partial charge in [-0.1, -0.05) is 20.8 Å². The molecule has 1 aliphatic rings. The Balaban J connectivity index is 2.35. The molecule has 1 fully saturated rings. The fourth-order valence-electron chi connectivity index (χ4n) is 2.69. The van der Waals surface area contributed by atoms with E-state index in [4.69, 9.17) is 10.1 Å². The molecule has 0 spiro atoms. The molecule has 0 amide bonds. The number of anilines is 1. The number of carbonyl (C=O) groups is 1. The second-order valence-corrected chi connectivity index (χ2v) is 7.69. The van der Waals surface area contributed by atoms with Crippen LogP contribution in [0.4, 0.5) is 5.13 Å². The summed E-state index contributed by atoms with van der Waals surface area (Å²) in [6.45, 7) is 9.55. The fraction of sp³-hybridized carbons (Fsp3) is 0.733. The quantitative estimate of drug-likeness (QED) is 0.928. The number of carboxylic acid groups (broad SMARTS) is 1. The van der Waals surface area contributed by atoms with Crippen LogP contribution in [-0.4, -0.2) is 28.6 Å². The number of rotatable bonds is 3. The van der Waals surface area contributed by atoms with Gasteiger partial charge in [0, 0.05) is 22.9 Å². The zero-order valence-corrected chi connectivity index (χ0v) is 13.6. The molecule has 20 heavy (non-hydrogen) atoms. The molecule has 1 N–H and O–H groups in total. The molecule has 1 aliphatic heterocycles. The Hall–Kier alpha value is -1.10. The summed E-state index contributed by atoms with van der Waals surface area (Å²) in [7, 11) is 0. The SMILES string of the molecule is CC1CCCCN1c1nc(C(C)(C)C)c(CC(=O)O)s1. The van der Waals surface area contributed by atoms with Crippen LogP contribution in [0, 0.1) is 0 Å². The van der Waals surface area contributed by atoms with Crippen LogP contribution in [0.1, 0.15) is 57.5 Å². The van der Waals surface area contributed by atoms with Crippen LogP contribution in [0.2, 0.25) is 0 Å². The van der Waals surface area contributed by atoms with Gasteiger partial charge in [-0.25, -0.2) is 4.98 Å². The molecule has 0 aliphatic carbocycles. The maximum Gasteiger partial charge on any atom is 0.308 e. The number of hydrogen-bond acceptors (Lipinski definition) is 4. The molecule has 1 saturated heterocycles. The number of aromatic nitrogens is 1. The summed E-state index contributed by atoms with van der Waals surface area (Å²) < 4.78 is 0. The Labute approximate surface area is 124 Å². The number of aliphatic carboxylic acids is 1. The van der Waals surface area contributed by atoms with Gasteiger partial charge in [0.25, 0.3) is 0 Å². The number of carboxylic acids is 1. The zero-order valence-electron chi connectivity index (χ0n) is 12.8. The van der Waals surface area contributed by atoms with Crippen LogP contribution in [-0.2, 0) is 16.6 Å². The van der Waals surface area contributed by atoms with Crippen LogP contribution in [0.15, 0.2) is 0 Å². The topological polar surface area (TPSA) is 53.4 Å². The molecule has 0 radical (unpaired) electrons. The predicted molar refractivity (Wildman–Crippen MR) is 82.8 cm³/mol. The van der Waals surface area contributed by atoms with E-state index in [1.165, 1.54) is 19.3 Å². The van der Waals surface area contributed by atoms with E-state index in [2.05, 4.69) is 32.6 Å². The summed E-state index contributed by atoms with van der Waals surface area (Å²) in [6, 6.07) is 0.500. The minimum Gasteiger partial charge on any atom is -0.481 e. The van der Waals surface area contributed by atoms with E-state index in [1.807, 2.05) is 0 Å². The molecule has 4 nitrogen and oxygen atoms in total. The number of thiazole rings is 1. The van der Waals surface area contributed by atoms with Gasteiger partial charge in [-0.15, -0.1) is 11.3 Å². The predicted octanol–water partition coefficient (Wildman–Crippen LogP) is 3.45. The molecule has 1 atom stereocenters. The van der Waals surface area contributed by atoms with Crippen LogP contribution in [0.5, 0.6) is 0 Å². The van der Waals surface area contributed by atoms with Gasteiger partial charge >= 0.3 is 5.97 Å². The van der Waals surface area contributed by atoms with Crippen molar-refractivity contribution in [3.63, 3.8) is 0 Å². The average Bonchev–Trinajstić information content (AvgIpc) is 2.72. The van der Waals surface area contributed by atoms with Gasteiger partial charge in [-0.2, -0.15) is 0 Å². The second kappa shape index (κ2) is 5.72. The van der Waals surface area contributed by atoms with Crippen molar-refractivity contribution in [2.75, 3.05) is 11.4 Å². The Morgan fingerprint density at radius 1 is 1.45 bits per heavy atom. The van der Waals surface area contributed by atoms with Crippen molar-refractivity contribution < 1.29 is 9.90 Å². The van der Waals surface area contributed by atoms with Crippen molar-refractivity contribution in [3.8, 4) is 0 Å². The number of piperidine rings is 1. The van der Waals surface area contributed by atoms with Crippen molar-refractivity contribution in [3.05, 3.63) is 10.6 Å². The highest BCUT2D eigenvalue weighted by Gasteiger charge is 2.28. The lowest BCUT2D eigenvalue weighted by atomic mass is 9.91. The lowest BCUT2D eigenvalue weighted by Gasteiger charge is -2.33. The maximum atomic E-state index is 11.1. The monoisotopic (exact) mass is 296 g/mol. The van der Waals surface area contributed by atoms with Crippen LogP contribution in [0.25, 0.3) is 0 Å². The molecule has 0 bridgehead atoms. The summed E-state index contributed by atoms with van der Waals surface area (Å²) in [4.78, 5) is 19.1. The zero-order chi connectivity index (χ0) is 14.9. The highest BCUT2D eigenvalue weighted by atomic mass is 32.1. The first-order valence-electron chi connectivity index (χ1n) is 7.27. The Morgan fingerprint density at radius 2 is 2.15 bits per heavy atom. The molecule has 1 aromatic rings. The first kappa shape index (κ1) is 15.3. The van der Waals surface area contributed by atoms with E-state index in [0.717, 1.165) is 22.2 Å². The Morgan fingerprint density at radius 3 is 2.70 bits per heavy atom. The van der Waals surface area contributed by atoms with Crippen molar-refractivity contribution in [2.24, 2.45) is 0 Å². The first-order valence-corrected chi connectivity index (χ1v) is 8.09. The second-order valence-electron chi connectivity index (χ2n) is 6.63. The van der Waals surface area contributed by atoms with Crippen molar-refractivity contribution >= 4 is 22.4 Å². The minimum atomic E-state index is -0.780. The summed E-state index contributed by atoms with van der Waals surface area (Å²) >= 11 is 1.56.